The number of alkyl carbamates (subject to hydrolysis) is 2. The van der Waals surface area contributed by atoms with E-state index in [4.69, 9.17) is 31.1 Å². The predicted molar refractivity (Wildman–Crippen MR) is 156 cm³/mol. The van der Waals surface area contributed by atoms with Crippen LogP contribution < -0.4 is 16.4 Å². The highest BCUT2D eigenvalue weighted by Gasteiger charge is 2.47. The average Bonchev–Trinajstić information content (AvgIpc) is 3.44. The summed E-state index contributed by atoms with van der Waals surface area (Å²) >= 11 is 0. The average molecular weight is 620 g/mol. The van der Waals surface area contributed by atoms with Crippen LogP contribution in [0.3, 0.4) is 0 Å². The van der Waals surface area contributed by atoms with Crippen LogP contribution in [0.2, 0.25) is 0 Å². The minimum absolute atomic E-state index is 0.0462. The Kier molecular flexibility index (Phi) is 11.0. The van der Waals surface area contributed by atoms with Gasteiger partial charge in [0, 0.05) is 6.04 Å². The minimum atomic E-state index is -1.33. The molecule has 0 aromatic carbocycles. The SMILES string of the molecule is C#CCO[C@H]1[C@@H](O)[C@H](n2cnc3c(N)ncnc32)O[C@@H]1C[C@H](CC[C@H](NC(=O)OC(C)(C)C)C(=O)O)NC(=O)OC(C)(C)C. The fourth-order valence-electron chi connectivity index (χ4n) is 4.62. The van der Waals surface area contributed by atoms with Crippen molar-refractivity contribution in [3.63, 3.8) is 0 Å². The van der Waals surface area contributed by atoms with E-state index in [9.17, 15) is 24.6 Å². The number of rotatable bonds is 11. The second kappa shape index (κ2) is 14.1. The third-order valence-electron chi connectivity index (χ3n) is 6.36. The van der Waals surface area contributed by atoms with Gasteiger partial charge in [-0.1, -0.05) is 5.92 Å². The van der Waals surface area contributed by atoms with Crippen molar-refractivity contribution in [3.05, 3.63) is 12.7 Å². The van der Waals surface area contributed by atoms with Gasteiger partial charge in [-0.3, -0.25) is 4.57 Å². The molecule has 0 aliphatic carbocycles. The maximum atomic E-state index is 12.8. The van der Waals surface area contributed by atoms with E-state index >= 15 is 0 Å². The van der Waals surface area contributed by atoms with Gasteiger partial charge in [-0.25, -0.2) is 29.3 Å². The lowest BCUT2D eigenvalue weighted by atomic mass is 9.97. The summed E-state index contributed by atoms with van der Waals surface area (Å²) in [5, 5.41) is 26.2. The number of terminal acetylenes is 1. The number of nitrogens with one attached hydrogen (secondary N) is 2. The molecule has 242 valence electrons. The lowest BCUT2D eigenvalue weighted by Gasteiger charge is -2.28. The Bertz CT molecular complexity index is 1360. The molecule has 0 spiro atoms. The molecule has 16 nitrogen and oxygen atoms in total. The van der Waals surface area contributed by atoms with Gasteiger partial charge in [-0.2, -0.15) is 0 Å². The first kappa shape index (κ1) is 34.3. The van der Waals surface area contributed by atoms with E-state index in [1.807, 2.05) is 0 Å². The number of hydrogen-bond acceptors (Lipinski definition) is 12. The normalized spacial score (nSPS) is 21.7. The number of fused-ring (bicyclic) bond motifs is 1. The molecule has 1 aliphatic heterocycles. The van der Waals surface area contributed by atoms with Crippen LogP contribution in [0.4, 0.5) is 15.4 Å². The molecule has 0 saturated carbocycles. The maximum absolute atomic E-state index is 12.8. The Labute approximate surface area is 255 Å². The van der Waals surface area contributed by atoms with E-state index in [2.05, 4.69) is 31.5 Å². The number of nitrogen functional groups attached to an aromatic ring is 1. The van der Waals surface area contributed by atoms with Crippen molar-refractivity contribution in [2.24, 2.45) is 0 Å². The van der Waals surface area contributed by atoms with Gasteiger partial charge < -0.3 is 45.5 Å². The minimum Gasteiger partial charge on any atom is -0.480 e. The van der Waals surface area contributed by atoms with Crippen LogP contribution >= 0.6 is 0 Å². The number of carbonyl (C=O) groups excluding carboxylic acids is 2. The lowest BCUT2D eigenvalue weighted by molar-refractivity contribution is -0.139. The molecule has 2 aromatic rings. The van der Waals surface area contributed by atoms with Crippen molar-refractivity contribution in [1.82, 2.24) is 30.2 Å². The second-order valence-corrected chi connectivity index (χ2v) is 12.3. The van der Waals surface area contributed by atoms with E-state index in [0.29, 0.717) is 11.2 Å². The van der Waals surface area contributed by atoms with Gasteiger partial charge in [-0.15, -0.1) is 6.42 Å². The molecule has 2 aromatic heterocycles. The van der Waals surface area contributed by atoms with E-state index < -0.39 is 66.0 Å². The van der Waals surface area contributed by atoms with E-state index in [1.54, 1.807) is 41.5 Å². The largest absolute Gasteiger partial charge is 0.480 e. The molecule has 0 bridgehead atoms. The second-order valence-electron chi connectivity index (χ2n) is 12.3. The van der Waals surface area contributed by atoms with Crippen LogP contribution in [0.15, 0.2) is 12.7 Å². The maximum Gasteiger partial charge on any atom is 0.408 e. The third-order valence-corrected chi connectivity index (χ3v) is 6.36. The Morgan fingerprint density at radius 3 is 2.32 bits per heavy atom. The number of nitrogens with two attached hydrogens (primary N) is 1. The molecule has 16 heteroatoms. The number of carboxylic acid groups (broad SMARTS) is 1. The highest BCUT2D eigenvalue weighted by atomic mass is 16.6. The summed E-state index contributed by atoms with van der Waals surface area (Å²) < 4.78 is 24.1. The number of carboxylic acids is 1. The van der Waals surface area contributed by atoms with Crippen LogP contribution in [0.5, 0.6) is 0 Å². The molecular weight excluding hydrogens is 578 g/mol. The molecule has 1 fully saturated rings. The summed E-state index contributed by atoms with van der Waals surface area (Å²) in [6.07, 6.45) is 2.37. The lowest BCUT2D eigenvalue weighted by Crippen LogP contribution is -2.46. The van der Waals surface area contributed by atoms with Crippen molar-refractivity contribution in [3.8, 4) is 12.3 Å². The number of aromatic nitrogens is 4. The Balaban J connectivity index is 1.85. The van der Waals surface area contributed by atoms with Crippen LogP contribution in [0.1, 0.15) is 67.0 Å². The number of ether oxygens (including phenoxy) is 4. The molecule has 2 amide bonds. The van der Waals surface area contributed by atoms with Crippen molar-refractivity contribution >= 4 is 35.1 Å². The summed E-state index contributed by atoms with van der Waals surface area (Å²) in [4.78, 5) is 49.4. The highest BCUT2D eigenvalue weighted by molar-refractivity contribution is 5.81. The molecule has 0 unspecified atom stereocenters. The van der Waals surface area contributed by atoms with Crippen LogP contribution in [-0.2, 0) is 23.7 Å². The highest BCUT2D eigenvalue weighted by Crippen LogP contribution is 2.36. The fraction of sp³-hybridized carbons (Fsp3) is 0.643. The van der Waals surface area contributed by atoms with Crippen molar-refractivity contribution in [1.29, 1.82) is 0 Å². The van der Waals surface area contributed by atoms with Gasteiger partial charge in [0.1, 0.15) is 47.9 Å². The zero-order valence-electron chi connectivity index (χ0n) is 25.6. The number of anilines is 1. The molecule has 0 radical (unpaired) electrons. The fourth-order valence-corrected chi connectivity index (χ4v) is 4.62. The number of hydrogen-bond donors (Lipinski definition) is 5. The quantitative estimate of drug-likeness (QED) is 0.226. The van der Waals surface area contributed by atoms with Crippen LogP contribution in [0.25, 0.3) is 11.2 Å². The van der Waals surface area contributed by atoms with E-state index in [0.717, 1.165) is 0 Å². The number of aliphatic hydroxyl groups is 1. The first-order valence-corrected chi connectivity index (χ1v) is 14.0. The van der Waals surface area contributed by atoms with Crippen molar-refractivity contribution in [2.75, 3.05) is 12.3 Å². The topological polar surface area (TPSA) is 222 Å². The standard InChI is InChI=1S/C28H41N7O9/c1-8-11-41-20-17(42-23(19(20)36)35-14-32-18-21(29)30-13-31-22(18)35)12-15(33-25(39)43-27(2,3)4)9-10-16(24(37)38)34-26(40)44-28(5,6)7/h1,13-17,19-20,23,36H,9-12H2,2-7H3,(H,33,39)(H,34,40)(H,37,38)(H2,29,30,31)/t15-,16-,17+,19+,20+,23+/m0/s1. The Morgan fingerprint density at radius 1 is 1.09 bits per heavy atom. The number of amides is 2. The van der Waals surface area contributed by atoms with Crippen molar-refractivity contribution < 1.29 is 43.5 Å². The first-order chi connectivity index (χ1) is 20.5. The van der Waals surface area contributed by atoms with Gasteiger partial charge in [0.15, 0.2) is 17.7 Å². The summed E-state index contributed by atoms with van der Waals surface area (Å²) in [6, 6.07) is -2.08. The summed E-state index contributed by atoms with van der Waals surface area (Å²) in [7, 11) is 0. The first-order valence-electron chi connectivity index (χ1n) is 14.0. The van der Waals surface area contributed by atoms with Crippen LogP contribution in [-0.4, -0.2) is 96.1 Å². The molecular formula is C28H41N7O9. The van der Waals surface area contributed by atoms with Gasteiger partial charge in [0.05, 0.1) is 12.4 Å². The van der Waals surface area contributed by atoms with Gasteiger partial charge in [0.25, 0.3) is 0 Å². The molecule has 3 rings (SSSR count). The molecule has 6 N–H and O–H groups in total. The molecule has 6 atom stereocenters. The zero-order chi connectivity index (χ0) is 32.8. The number of carbonyl (C=O) groups is 3. The van der Waals surface area contributed by atoms with Gasteiger partial charge >= 0.3 is 18.2 Å². The molecule has 3 heterocycles. The molecule has 1 aliphatic rings. The predicted octanol–water partition coefficient (Wildman–Crippen LogP) is 1.73. The number of aliphatic hydroxyl groups excluding tert-OH is 1. The van der Waals surface area contributed by atoms with Crippen molar-refractivity contribution in [2.45, 2.75) is 109 Å². The molecule has 1 saturated heterocycles. The van der Waals surface area contributed by atoms with Gasteiger partial charge in [0.2, 0.25) is 0 Å². The van der Waals surface area contributed by atoms with E-state index in [-0.39, 0.29) is 31.7 Å². The molecule has 44 heavy (non-hydrogen) atoms. The number of imidazole rings is 1. The summed E-state index contributed by atoms with van der Waals surface area (Å²) in [5.74, 6) is 1.23. The Hall–Kier alpha value is -4.20. The monoisotopic (exact) mass is 619 g/mol. The van der Waals surface area contributed by atoms with Gasteiger partial charge in [-0.05, 0) is 60.8 Å². The summed E-state index contributed by atoms with van der Waals surface area (Å²) in [6.45, 7) is 9.91. The van der Waals surface area contributed by atoms with E-state index in [1.165, 1.54) is 17.2 Å². The Morgan fingerprint density at radius 2 is 1.73 bits per heavy atom. The summed E-state index contributed by atoms with van der Waals surface area (Å²) in [5.41, 5.74) is 4.90. The zero-order valence-corrected chi connectivity index (χ0v) is 25.6. The van der Waals surface area contributed by atoms with Crippen LogP contribution in [0, 0.1) is 12.3 Å². The smallest absolute Gasteiger partial charge is 0.408 e. The number of nitrogens with zero attached hydrogens (tertiary/aromatic N) is 4. The number of aliphatic carboxylic acids is 1. The third kappa shape index (κ3) is 9.40.